The molecule has 0 radical (unpaired) electrons. The molecule has 0 spiro atoms. The van der Waals surface area contributed by atoms with Gasteiger partial charge in [-0.2, -0.15) is 0 Å². The van der Waals surface area contributed by atoms with Crippen LogP contribution < -0.4 is 14.9 Å². The van der Waals surface area contributed by atoms with Crippen LogP contribution in [0.4, 0.5) is 0 Å². The minimum absolute atomic E-state index is 0.219. The monoisotopic (exact) mass is 439 g/mol. The van der Waals surface area contributed by atoms with Crippen molar-refractivity contribution in [2.24, 2.45) is 7.05 Å². The number of aromatic nitrogens is 1. The van der Waals surface area contributed by atoms with Crippen LogP contribution in [0.2, 0.25) is 0 Å². The van der Waals surface area contributed by atoms with Crippen LogP contribution in [-0.2, 0) is 26.1 Å². The molecule has 0 saturated heterocycles. The van der Waals surface area contributed by atoms with E-state index in [2.05, 4.69) is 0 Å². The summed E-state index contributed by atoms with van der Waals surface area (Å²) in [5.74, 6) is -0.359. The van der Waals surface area contributed by atoms with Gasteiger partial charge < -0.3 is 23.5 Å². The summed E-state index contributed by atoms with van der Waals surface area (Å²) in [6.07, 6.45) is -1.93. The highest BCUT2D eigenvalue weighted by atomic mass is 16.6. The number of hydrogen-bond acceptors (Lipinski definition) is 7. The van der Waals surface area contributed by atoms with E-state index in [1.165, 1.54) is 21.0 Å². The van der Waals surface area contributed by atoms with Gasteiger partial charge in [0.15, 0.2) is 12.2 Å². The molecule has 0 saturated carbocycles. The van der Waals surface area contributed by atoms with Gasteiger partial charge in [-0.3, -0.25) is 14.4 Å². The third-order valence-corrected chi connectivity index (χ3v) is 5.76. The predicted molar refractivity (Wildman–Crippen MR) is 118 cm³/mol. The molecular formula is C24H25NO7. The van der Waals surface area contributed by atoms with E-state index in [0.29, 0.717) is 38.9 Å². The number of hydrogen-bond donors (Lipinski definition) is 0. The van der Waals surface area contributed by atoms with Crippen molar-refractivity contribution in [1.82, 2.24) is 4.57 Å². The Hall–Kier alpha value is -3.55. The van der Waals surface area contributed by atoms with Gasteiger partial charge in [-0.15, -0.1) is 0 Å². The molecule has 0 aliphatic carbocycles. The predicted octanol–water partition coefficient (Wildman–Crippen LogP) is 3.41. The Morgan fingerprint density at radius 2 is 1.75 bits per heavy atom. The molecule has 0 bridgehead atoms. The van der Waals surface area contributed by atoms with Crippen LogP contribution in [0.25, 0.3) is 21.8 Å². The molecule has 8 heteroatoms. The SMILES string of the molecule is COc1cc2c(c3c1c(=O)c1ccccc1n3C)[C@H](OC(C)=O)[C@H](OC(C)=O)C(C)(C)O2. The first-order chi connectivity index (χ1) is 15.1. The van der Waals surface area contributed by atoms with E-state index in [4.69, 9.17) is 18.9 Å². The molecule has 8 nitrogen and oxygen atoms in total. The number of carbonyl (C=O) groups excluding carboxylic acids is 2. The first-order valence-corrected chi connectivity index (χ1v) is 10.2. The molecule has 2 atom stereocenters. The lowest BCUT2D eigenvalue weighted by Gasteiger charge is -2.43. The smallest absolute Gasteiger partial charge is 0.303 e. The number of benzene rings is 2. The van der Waals surface area contributed by atoms with E-state index in [1.807, 2.05) is 23.7 Å². The molecular weight excluding hydrogens is 414 g/mol. The highest BCUT2D eigenvalue weighted by Gasteiger charge is 2.50. The zero-order valence-electron chi connectivity index (χ0n) is 18.8. The van der Waals surface area contributed by atoms with E-state index in [9.17, 15) is 14.4 Å². The van der Waals surface area contributed by atoms with Gasteiger partial charge >= 0.3 is 11.9 Å². The number of para-hydroxylation sites is 1. The Bertz CT molecular complexity index is 1320. The van der Waals surface area contributed by atoms with Crippen LogP contribution in [0, 0.1) is 0 Å². The fraction of sp³-hybridized carbons (Fsp3) is 0.375. The molecule has 0 N–H and O–H groups in total. The molecule has 0 amide bonds. The number of ether oxygens (including phenoxy) is 4. The van der Waals surface area contributed by atoms with Crippen LogP contribution in [-0.4, -0.2) is 35.3 Å². The molecule has 3 aromatic rings. The van der Waals surface area contributed by atoms with Crippen LogP contribution in [0.15, 0.2) is 35.1 Å². The number of fused-ring (bicyclic) bond motifs is 4. The molecule has 0 fully saturated rings. The van der Waals surface area contributed by atoms with Crippen molar-refractivity contribution in [2.75, 3.05) is 7.11 Å². The number of methoxy groups -OCH3 is 1. The minimum Gasteiger partial charge on any atom is -0.496 e. The standard InChI is InChI=1S/C24H25NO7/c1-12(26)30-22-19-17(32-24(3,4)23(22)31-13(2)27)11-16(29-6)18-20(19)25(5)15-10-8-7-9-14(15)21(18)28/h7-11,22-23H,1-6H3/t22-,23-/m0/s1. The molecule has 168 valence electrons. The molecule has 1 aromatic heterocycles. The molecule has 1 aliphatic heterocycles. The first kappa shape index (κ1) is 21.7. The van der Waals surface area contributed by atoms with Gasteiger partial charge in [0.2, 0.25) is 5.43 Å². The second-order valence-corrected chi connectivity index (χ2v) is 8.39. The van der Waals surface area contributed by atoms with Crippen LogP contribution in [0.1, 0.15) is 39.4 Å². The summed E-state index contributed by atoms with van der Waals surface area (Å²) in [7, 11) is 3.30. The highest BCUT2D eigenvalue weighted by molar-refractivity contribution is 5.99. The topological polar surface area (TPSA) is 93.1 Å². The van der Waals surface area contributed by atoms with E-state index in [-0.39, 0.29) is 5.43 Å². The van der Waals surface area contributed by atoms with Gasteiger partial charge in [0.25, 0.3) is 0 Å². The van der Waals surface area contributed by atoms with Crippen LogP contribution in [0.5, 0.6) is 11.5 Å². The van der Waals surface area contributed by atoms with Crippen molar-refractivity contribution in [2.45, 2.75) is 45.5 Å². The van der Waals surface area contributed by atoms with Gasteiger partial charge in [-0.1, -0.05) is 12.1 Å². The maximum atomic E-state index is 13.5. The highest BCUT2D eigenvalue weighted by Crippen LogP contribution is 2.48. The number of nitrogens with zero attached hydrogens (tertiary/aromatic N) is 1. The van der Waals surface area contributed by atoms with Gasteiger partial charge in [-0.25, -0.2) is 0 Å². The van der Waals surface area contributed by atoms with E-state index in [0.717, 1.165) is 0 Å². The Labute approximate surface area is 184 Å². The molecule has 1 aliphatic rings. The minimum atomic E-state index is -1.02. The molecule has 2 aromatic carbocycles. The van der Waals surface area contributed by atoms with Crippen LogP contribution in [0.3, 0.4) is 0 Å². The lowest BCUT2D eigenvalue weighted by atomic mass is 9.86. The molecule has 0 unspecified atom stereocenters. The number of pyridine rings is 1. The maximum absolute atomic E-state index is 13.5. The van der Waals surface area contributed by atoms with Crippen molar-refractivity contribution in [3.8, 4) is 11.5 Å². The summed E-state index contributed by atoms with van der Waals surface area (Å²) in [6.45, 7) is 6.06. The van der Waals surface area contributed by atoms with Crippen molar-refractivity contribution in [1.29, 1.82) is 0 Å². The molecule has 4 rings (SSSR count). The summed E-state index contributed by atoms with van der Waals surface area (Å²) in [5.41, 5.74) is 0.390. The normalized spacial score (nSPS) is 19.2. The quantitative estimate of drug-likeness (QED) is 0.456. The van der Waals surface area contributed by atoms with Crippen molar-refractivity contribution in [3.05, 3.63) is 46.1 Å². The number of esters is 2. The Morgan fingerprint density at radius 3 is 2.38 bits per heavy atom. The third-order valence-electron chi connectivity index (χ3n) is 5.76. The average molecular weight is 439 g/mol. The Kier molecular flexibility index (Phi) is 5.11. The number of aryl methyl sites for hydroxylation is 1. The van der Waals surface area contributed by atoms with Gasteiger partial charge in [0, 0.05) is 32.3 Å². The second kappa shape index (κ2) is 7.55. The Morgan fingerprint density at radius 1 is 1.09 bits per heavy atom. The zero-order chi connectivity index (χ0) is 23.4. The summed E-state index contributed by atoms with van der Waals surface area (Å²) >= 11 is 0. The lowest BCUT2D eigenvalue weighted by molar-refractivity contribution is -0.187. The first-order valence-electron chi connectivity index (χ1n) is 10.2. The van der Waals surface area contributed by atoms with Gasteiger partial charge in [0.05, 0.1) is 29.1 Å². The van der Waals surface area contributed by atoms with Gasteiger partial charge in [-0.05, 0) is 26.0 Å². The van der Waals surface area contributed by atoms with Crippen molar-refractivity contribution >= 4 is 33.7 Å². The Balaban J connectivity index is 2.19. The molecule has 2 heterocycles. The molecule has 32 heavy (non-hydrogen) atoms. The third kappa shape index (κ3) is 3.26. The van der Waals surface area contributed by atoms with E-state index in [1.54, 1.807) is 32.0 Å². The van der Waals surface area contributed by atoms with Crippen LogP contribution >= 0.6 is 0 Å². The maximum Gasteiger partial charge on any atom is 0.303 e. The fourth-order valence-electron chi connectivity index (χ4n) is 4.48. The number of carbonyl (C=O) groups is 2. The summed E-state index contributed by atoms with van der Waals surface area (Å²) < 4.78 is 24.9. The summed E-state index contributed by atoms with van der Waals surface area (Å²) in [4.78, 5) is 37.5. The summed E-state index contributed by atoms with van der Waals surface area (Å²) in [6, 6.07) is 8.84. The van der Waals surface area contributed by atoms with E-state index >= 15 is 0 Å². The van der Waals surface area contributed by atoms with Gasteiger partial charge in [0.1, 0.15) is 17.1 Å². The zero-order valence-corrected chi connectivity index (χ0v) is 18.8. The fourth-order valence-corrected chi connectivity index (χ4v) is 4.48. The lowest BCUT2D eigenvalue weighted by Crippen LogP contribution is -2.52. The van der Waals surface area contributed by atoms with Crippen molar-refractivity contribution < 1.29 is 28.5 Å². The largest absolute Gasteiger partial charge is 0.496 e. The van der Waals surface area contributed by atoms with E-state index < -0.39 is 29.7 Å². The average Bonchev–Trinajstić information content (AvgIpc) is 2.72. The summed E-state index contributed by atoms with van der Waals surface area (Å²) in [5, 5.41) is 0.855. The second-order valence-electron chi connectivity index (χ2n) is 8.39. The van der Waals surface area contributed by atoms with Crippen molar-refractivity contribution in [3.63, 3.8) is 0 Å². The number of rotatable bonds is 3.